The number of fused-ring (bicyclic) bond motifs is 1. The fourth-order valence-corrected chi connectivity index (χ4v) is 4.00. The van der Waals surface area contributed by atoms with Crippen LogP contribution in [0.1, 0.15) is 63.8 Å². The van der Waals surface area contributed by atoms with Gasteiger partial charge in [-0.15, -0.1) is 0 Å². The van der Waals surface area contributed by atoms with Gasteiger partial charge in [0, 0.05) is 10.9 Å². The van der Waals surface area contributed by atoms with Crippen LogP contribution in [0.3, 0.4) is 0 Å². The van der Waals surface area contributed by atoms with Gasteiger partial charge in [0.25, 0.3) is 0 Å². The second kappa shape index (κ2) is 7.39. The first kappa shape index (κ1) is 22.3. The van der Waals surface area contributed by atoms with Crippen LogP contribution in [0, 0.1) is 13.8 Å². The lowest BCUT2D eigenvalue weighted by Gasteiger charge is -2.23. The van der Waals surface area contributed by atoms with Gasteiger partial charge in [-0.3, -0.25) is 4.79 Å². The molecule has 1 N–H and O–H groups in total. The van der Waals surface area contributed by atoms with Crippen LogP contribution in [0.4, 0.5) is 0 Å². The Morgan fingerprint density at radius 1 is 0.900 bits per heavy atom. The summed E-state index contributed by atoms with van der Waals surface area (Å²) in [5, 5.41) is 12.7. The molecular formula is C26H30ClNO2. The third kappa shape index (κ3) is 4.09. The van der Waals surface area contributed by atoms with Crippen molar-refractivity contribution in [2.75, 3.05) is 0 Å². The summed E-state index contributed by atoms with van der Waals surface area (Å²) >= 11 is 6.60. The molecule has 3 rings (SSSR count). The Bertz CT molecular complexity index is 1220. The molecule has 0 fully saturated rings. The molecule has 2 aromatic carbocycles. The average Bonchev–Trinajstić information content (AvgIpc) is 2.71. The molecule has 0 aliphatic carbocycles. The van der Waals surface area contributed by atoms with Crippen molar-refractivity contribution in [1.29, 1.82) is 0 Å². The van der Waals surface area contributed by atoms with E-state index in [0.717, 1.165) is 27.6 Å². The number of hydrogen-bond acceptors (Lipinski definition) is 3. The first-order valence-electron chi connectivity index (χ1n) is 10.2. The van der Waals surface area contributed by atoms with Crippen molar-refractivity contribution in [3.8, 4) is 17.0 Å². The van der Waals surface area contributed by atoms with Gasteiger partial charge < -0.3 is 5.11 Å². The van der Waals surface area contributed by atoms with Crippen LogP contribution in [0.5, 0.6) is 5.75 Å². The fourth-order valence-electron chi connectivity index (χ4n) is 3.75. The molecule has 158 valence electrons. The number of hydrogen-bond donors (Lipinski definition) is 1. The predicted octanol–water partition coefficient (Wildman–Crippen LogP) is 6.83. The normalized spacial score (nSPS) is 12.4. The van der Waals surface area contributed by atoms with Gasteiger partial charge in [0.2, 0.25) is 0 Å². The minimum Gasteiger partial charge on any atom is -0.507 e. The molecule has 0 spiro atoms. The number of pyridine rings is 1. The van der Waals surface area contributed by atoms with Crippen LogP contribution in [-0.4, -0.2) is 10.1 Å². The van der Waals surface area contributed by atoms with Crippen molar-refractivity contribution in [3.63, 3.8) is 0 Å². The van der Waals surface area contributed by atoms with E-state index in [1.165, 1.54) is 0 Å². The largest absolute Gasteiger partial charge is 0.507 e. The number of nitrogens with zero attached hydrogens (tertiary/aromatic N) is 1. The second-order valence-electron chi connectivity index (χ2n) is 10.2. The van der Waals surface area contributed by atoms with E-state index < -0.39 is 0 Å². The number of rotatable bonds is 1. The molecule has 0 radical (unpaired) electrons. The lowest BCUT2D eigenvalue weighted by atomic mass is 9.82. The standard InChI is InChI=1S/C26H30ClNO2/c1-14-9-15(2)23-17(10-14)19(27)13-20(28-23)22-21(29)12-16(25(3,4)5)11-18(24(22)30)26(6,7)8/h9-13,30H,1-8H3. The van der Waals surface area contributed by atoms with Gasteiger partial charge in [-0.05, 0) is 54.0 Å². The van der Waals surface area contributed by atoms with Crippen LogP contribution >= 0.6 is 11.6 Å². The highest BCUT2D eigenvalue weighted by Gasteiger charge is 2.26. The van der Waals surface area contributed by atoms with Crippen molar-refractivity contribution in [3.05, 3.63) is 67.8 Å². The SMILES string of the molecule is Cc1cc(C)c2nc(-c3c(O)c(C(C)(C)C)cc(C(C)(C)C)cc3=O)cc(Cl)c2c1. The van der Waals surface area contributed by atoms with Gasteiger partial charge in [-0.25, -0.2) is 4.98 Å². The Labute approximate surface area is 183 Å². The Morgan fingerprint density at radius 2 is 1.53 bits per heavy atom. The molecule has 0 aliphatic rings. The van der Waals surface area contributed by atoms with E-state index in [9.17, 15) is 9.90 Å². The summed E-state index contributed by atoms with van der Waals surface area (Å²) < 4.78 is 0. The maximum absolute atomic E-state index is 13.3. The summed E-state index contributed by atoms with van der Waals surface area (Å²) in [5.41, 5.74) is 4.11. The van der Waals surface area contributed by atoms with Gasteiger partial charge in [0.1, 0.15) is 5.75 Å². The first-order chi connectivity index (χ1) is 13.7. The monoisotopic (exact) mass is 423 g/mol. The maximum Gasteiger partial charge on any atom is 0.192 e. The van der Waals surface area contributed by atoms with E-state index in [2.05, 4.69) is 20.8 Å². The highest BCUT2D eigenvalue weighted by atomic mass is 35.5. The summed E-state index contributed by atoms with van der Waals surface area (Å²) in [6, 6.07) is 9.27. The number of aryl methyl sites for hydroxylation is 2. The molecule has 30 heavy (non-hydrogen) atoms. The number of halogens is 1. The van der Waals surface area contributed by atoms with Crippen molar-refractivity contribution in [2.24, 2.45) is 0 Å². The molecule has 0 bridgehead atoms. The number of benzene rings is 1. The molecular weight excluding hydrogens is 394 g/mol. The molecule has 3 aromatic rings. The Kier molecular flexibility index (Phi) is 5.49. The third-order valence-electron chi connectivity index (χ3n) is 5.45. The fraction of sp³-hybridized carbons (Fsp3) is 0.385. The molecule has 3 nitrogen and oxygen atoms in total. The highest BCUT2D eigenvalue weighted by molar-refractivity contribution is 6.35. The molecule has 1 aromatic heterocycles. The zero-order valence-corrected chi connectivity index (χ0v) is 19.8. The molecule has 0 unspecified atom stereocenters. The predicted molar refractivity (Wildman–Crippen MR) is 127 cm³/mol. The van der Waals surface area contributed by atoms with Gasteiger partial charge in [0.15, 0.2) is 5.43 Å². The summed E-state index contributed by atoms with van der Waals surface area (Å²) in [4.78, 5) is 18.1. The molecule has 4 heteroatoms. The zero-order valence-electron chi connectivity index (χ0n) is 19.1. The van der Waals surface area contributed by atoms with Crippen molar-refractivity contribution < 1.29 is 5.11 Å². The summed E-state index contributed by atoms with van der Waals surface area (Å²) in [6.07, 6.45) is 0. The van der Waals surface area contributed by atoms with Crippen molar-refractivity contribution in [2.45, 2.75) is 66.2 Å². The molecule has 0 aliphatic heterocycles. The molecule has 0 saturated carbocycles. The van der Waals surface area contributed by atoms with Crippen LogP contribution in [0.15, 0.2) is 35.1 Å². The minimum absolute atomic E-state index is 0.0318. The first-order valence-corrected chi connectivity index (χ1v) is 10.6. The highest BCUT2D eigenvalue weighted by Crippen LogP contribution is 2.39. The Hall–Kier alpha value is -2.39. The molecule has 0 amide bonds. The maximum atomic E-state index is 13.3. The lowest BCUT2D eigenvalue weighted by molar-refractivity contribution is 0.448. The van der Waals surface area contributed by atoms with Crippen molar-refractivity contribution in [1.82, 2.24) is 4.98 Å². The van der Waals surface area contributed by atoms with Gasteiger partial charge in [-0.2, -0.15) is 0 Å². The van der Waals surface area contributed by atoms with Crippen molar-refractivity contribution >= 4 is 22.5 Å². The van der Waals surface area contributed by atoms with Crippen LogP contribution < -0.4 is 5.43 Å². The smallest absolute Gasteiger partial charge is 0.192 e. The molecule has 0 saturated heterocycles. The molecule has 0 atom stereocenters. The van der Waals surface area contributed by atoms with Crippen LogP contribution in [-0.2, 0) is 10.8 Å². The lowest BCUT2D eigenvalue weighted by Crippen LogP contribution is -2.15. The number of aromatic hydroxyl groups is 1. The van der Waals surface area contributed by atoms with Crippen LogP contribution in [0.2, 0.25) is 5.02 Å². The second-order valence-corrected chi connectivity index (χ2v) is 10.6. The number of aromatic nitrogens is 1. The van der Waals surface area contributed by atoms with E-state index in [4.69, 9.17) is 16.6 Å². The van der Waals surface area contributed by atoms with E-state index in [1.807, 2.05) is 52.8 Å². The van der Waals surface area contributed by atoms with Gasteiger partial charge >= 0.3 is 0 Å². The van der Waals surface area contributed by atoms with Crippen LogP contribution in [0.25, 0.3) is 22.2 Å². The van der Waals surface area contributed by atoms with Gasteiger partial charge in [0.05, 0.1) is 21.8 Å². The van der Waals surface area contributed by atoms with E-state index in [-0.39, 0.29) is 27.6 Å². The third-order valence-corrected chi connectivity index (χ3v) is 5.77. The van der Waals surface area contributed by atoms with Gasteiger partial charge in [-0.1, -0.05) is 70.8 Å². The van der Waals surface area contributed by atoms with E-state index in [0.29, 0.717) is 16.3 Å². The summed E-state index contributed by atoms with van der Waals surface area (Å²) in [7, 11) is 0. The van der Waals surface area contributed by atoms with E-state index in [1.54, 1.807) is 12.1 Å². The van der Waals surface area contributed by atoms with E-state index >= 15 is 0 Å². The quantitative estimate of drug-likeness (QED) is 0.466. The average molecular weight is 424 g/mol. The Morgan fingerprint density at radius 3 is 2.10 bits per heavy atom. The molecule has 1 heterocycles. The topological polar surface area (TPSA) is 50.2 Å². The zero-order chi connectivity index (χ0) is 22.6. The summed E-state index contributed by atoms with van der Waals surface area (Å²) in [5.74, 6) is -0.0318. The summed E-state index contributed by atoms with van der Waals surface area (Å²) in [6.45, 7) is 16.2. The minimum atomic E-state index is -0.363. The Balaban J connectivity index is 2.48.